The highest BCUT2D eigenvalue weighted by Gasteiger charge is 2.25. The summed E-state index contributed by atoms with van der Waals surface area (Å²) >= 11 is 3.35. The molecule has 0 spiro atoms. The zero-order valence-electron chi connectivity index (χ0n) is 14.7. The molecule has 0 bridgehead atoms. The summed E-state index contributed by atoms with van der Waals surface area (Å²) < 4.78 is 6.04. The van der Waals surface area contributed by atoms with Gasteiger partial charge in [0.05, 0.1) is 5.71 Å². The highest BCUT2D eigenvalue weighted by Crippen LogP contribution is 2.20. The lowest BCUT2D eigenvalue weighted by Gasteiger charge is -2.23. The molecule has 3 aromatic rings. The predicted molar refractivity (Wildman–Crippen MR) is 108 cm³/mol. The summed E-state index contributed by atoms with van der Waals surface area (Å²) in [7, 11) is 0. The Morgan fingerprint density at radius 1 is 1.07 bits per heavy atom. The third kappa shape index (κ3) is 3.66. The number of carbonyl (C=O) groups excluding carboxylic acids is 2. The van der Waals surface area contributed by atoms with Gasteiger partial charge in [-0.25, -0.2) is 9.80 Å². The van der Waals surface area contributed by atoms with Gasteiger partial charge in [0.1, 0.15) is 17.7 Å². The molecule has 4 rings (SSSR count). The van der Waals surface area contributed by atoms with Crippen LogP contribution in [0.5, 0.6) is 0 Å². The van der Waals surface area contributed by atoms with E-state index in [-0.39, 0.29) is 24.4 Å². The standard InChI is InChI=1S/C21H15BrN2O4/c22-15-6-8-19-14(10-15)11-16(21(27)28-19)18(25)12-24-20(26)9-7-17(23-24)13-4-2-1-3-5-13/h1-6,8,10-11H,7,9,12H2. The molecule has 1 aliphatic heterocycles. The maximum absolute atomic E-state index is 12.7. The van der Waals surface area contributed by atoms with Gasteiger partial charge >= 0.3 is 5.63 Å². The molecule has 2 heterocycles. The predicted octanol–water partition coefficient (Wildman–Crippen LogP) is 3.76. The fourth-order valence-corrected chi connectivity index (χ4v) is 3.45. The van der Waals surface area contributed by atoms with Crippen LogP contribution in [0, 0.1) is 0 Å². The Morgan fingerprint density at radius 3 is 2.64 bits per heavy atom. The fraction of sp³-hybridized carbons (Fsp3) is 0.143. The Hall–Kier alpha value is -3.06. The highest BCUT2D eigenvalue weighted by atomic mass is 79.9. The van der Waals surface area contributed by atoms with Crippen molar-refractivity contribution in [1.29, 1.82) is 0 Å². The second-order valence-corrected chi connectivity index (χ2v) is 7.33. The van der Waals surface area contributed by atoms with Gasteiger partial charge < -0.3 is 4.42 Å². The van der Waals surface area contributed by atoms with E-state index in [1.165, 1.54) is 6.07 Å². The van der Waals surface area contributed by atoms with Gasteiger partial charge in [-0.3, -0.25) is 9.59 Å². The minimum atomic E-state index is -0.725. The number of hydrazone groups is 1. The van der Waals surface area contributed by atoms with Crippen LogP contribution >= 0.6 is 15.9 Å². The van der Waals surface area contributed by atoms with Gasteiger partial charge in [0, 0.05) is 22.7 Å². The van der Waals surface area contributed by atoms with Crippen molar-refractivity contribution in [2.24, 2.45) is 5.10 Å². The first-order valence-electron chi connectivity index (χ1n) is 8.71. The molecule has 0 saturated carbocycles. The van der Waals surface area contributed by atoms with Crippen LogP contribution < -0.4 is 5.63 Å². The van der Waals surface area contributed by atoms with Crippen molar-refractivity contribution in [1.82, 2.24) is 5.01 Å². The molecular weight excluding hydrogens is 424 g/mol. The minimum Gasteiger partial charge on any atom is -0.422 e. The Kier molecular flexibility index (Phi) is 4.92. The quantitative estimate of drug-likeness (QED) is 0.458. The van der Waals surface area contributed by atoms with Crippen LogP contribution in [0.2, 0.25) is 0 Å². The van der Waals surface area contributed by atoms with E-state index in [4.69, 9.17) is 4.42 Å². The van der Waals surface area contributed by atoms with Crippen molar-refractivity contribution in [3.8, 4) is 0 Å². The summed E-state index contributed by atoms with van der Waals surface area (Å²) in [5.41, 5.74) is 1.21. The first-order chi connectivity index (χ1) is 13.5. The number of nitrogens with zero attached hydrogens (tertiary/aromatic N) is 2. The van der Waals surface area contributed by atoms with Gasteiger partial charge in [0.25, 0.3) is 0 Å². The van der Waals surface area contributed by atoms with Gasteiger partial charge in [-0.15, -0.1) is 0 Å². The summed E-state index contributed by atoms with van der Waals surface area (Å²) in [5, 5.41) is 6.10. The average molecular weight is 439 g/mol. The van der Waals surface area contributed by atoms with Crippen LogP contribution in [-0.2, 0) is 4.79 Å². The molecule has 0 saturated heterocycles. The second-order valence-electron chi connectivity index (χ2n) is 6.42. The fourth-order valence-electron chi connectivity index (χ4n) is 3.07. The summed E-state index contributed by atoms with van der Waals surface area (Å²) in [6.07, 6.45) is 0.778. The van der Waals surface area contributed by atoms with E-state index in [0.717, 1.165) is 20.8 Å². The van der Waals surface area contributed by atoms with Crippen molar-refractivity contribution >= 4 is 44.3 Å². The molecular formula is C21H15BrN2O4. The first kappa shape index (κ1) is 18.3. The molecule has 7 heteroatoms. The molecule has 1 aliphatic rings. The monoisotopic (exact) mass is 438 g/mol. The minimum absolute atomic E-state index is 0.0968. The van der Waals surface area contributed by atoms with E-state index in [0.29, 0.717) is 17.4 Å². The molecule has 0 fully saturated rings. The third-order valence-electron chi connectivity index (χ3n) is 4.50. The van der Waals surface area contributed by atoms with Crippen LogP contribution in [-0.4, -0.2) is 29.0 Å². The van der Waals surface area contributed by atoms with Gasteiger partial charge in [-0.05, 0) is 29.8 Å². The van der Waals surface area contributed by atoms with Crippen molar-refractivity contribution in [2.45, 2.75) is 12.8 Å². The maximum atomic E-state index is 12.7. The molecule has 0 N–H and O–H groups in total. The van der Waals surface area contributed by atoms with Gasteiger partial charge in [-0.1, -0.05) is 46.3 Å². The smallest absolute Gasteiger partial charge is 0.347 e. The zero-order valence-corrected chi connectivity index (χ0v) is 16.3. The molecule has 140 valence electrons. The van der Waals surface area contributed by atoms with Crippen LogP contribution in [0.3, 0.4) is 0 Å². The number of carbonyl (C=O) groups is 2. The van der Waals surface area contributed by atoms with Crippen LogP contribution in [0.25, 0.3) is 11.0 Å². The lowest BCUT2D eigenvalue weighted by atomic mass is 10.0. The molecule has 0 atom stereocenters. The average Bonchev–Trinajstić information content (AvgIpc) is 2.70. The van der Waals surface area contributed by atoms with Gasteiger partial charge in [0.2, 0.25) is 5.91 Å². The Labute approximate surface area is 168 Å². The van der Waals surface area contributed by atoms with Crippen LogP contribution in [0.1, 0.15) is 28.8 Å². The lowest BCUT2D eigenvalue weighted by Crippen LogP contribution is -2.37. The zero-order chi connectivity index (χ0) is 19.7. The molecule has 1 amide bonds. The Morgan fingerprint density at radius 2 is 1.86 bits per heavy atom. The van der Waals surface area contributed by atoms with E-state index >= 15 is 0 Å². The van der Waals surface area contributed by atoms with Crippen LogP contribution in [0.4, 0.5) is 0 Å². The summed E-state index contributed by atoms with van der Waals surface area (Å²) in [4.78, 5) is 37.2. The largest absolute Gasteiger partial charge is 0.422 e. The molecule has 0 aliphatic carbocycles. The lowest BCUT2D eigenvalue weighted by molar-refractivity contribution is -0.131. The van der Waals surface area contributed by atoms with E-state index < -0.39 is 11.4 Å². The molecule has 0 unspecified atom stereocenters. The van der Waals surface area contributed by atoms with Crippen molar-refractivity contribution in [3.63, 3.8) is 0 Å². The first-order valence-corrected chi connectivity index (χ1v) is 9.50. The normalized spacial score (nSPS) is 14.2. The van der Waals surface area contributed by atoms with Gasteiger partial charge in [0.15, 0.2) is 5.78 Å². The number of Topliss-reactive ketones (excluding diaryl/α,β-unsaturated/α-hetero) is 1. The topological polar surface area (TPSA) is 80.0 Å². The SMILES string of the molecule is O=C(CN1N=C(c2ccccc2)CCC1=O)c1cc2cc(Br)ccc2oc1=O. The molecule has 6 nitrogen and oxygen atoms in total. The number of amides is 1. The van der Waals surface area contributed by atoms with Crippen molar-refractivity contribution < 1.29 is 14.0 Å². The number of ketones is 1. The molecule has 1 aromatic heterocycles. The Bertz CT molecular complexity index is 1170. The second kappa shape index (κ2) is 7.52. The molecule has 2 aromatic carbocycles. The summed E-state index contributed by atoms with van der Waals surface area (Å²) in [6, 6.07) is 16.1. The third-order valence-corrected chi connectivity index (χ3v) is 4.99. The number of rotatable bonds is 4. The number of halogens is 1. The van der Waals surface area contributed by atoms with E-state index in [2.05, 4.69) is 21.0 Å². The van der Waals surface area contributed by atoms with E-state index in [1.807, 2.05) is 30.3 Å². The number of hydrogen-bond acceptors (Lipinski definition) is 5. The van der Waals surface area contributed by atoms with E-state index in [1.54, 1.807) is 18.2 Å². The van der Waals surface area contributed by atoms with Crippen molar-refractivity contribution in [3.05, 3.63) is 80.6 Å². The van der Waals surface area contributed by atoms with Gasteiger partial charge in [-0.2, -0.15) is 5.10 Å². The van der Waals surface area contributed by atoms with E-state index in [9.17, 15) is 14.4 Å². The molecule has 28 heavy (non-hydrogen) atoms. The molecule has 0 radical (unpaired) electrons. The van der Waals surface area contributed by atoms with Crippen molar-refractivity contribution in [2.75, 3.05) is 6.54 Å². The van der Waals surface area contributed by atoms with Crippen LogP contribution in [0.15, 0.2) is 73.4 Å². The number of fused-ring (bicyclic) bond motifs is 1. The summed E-state index contributed by atoms with van der Waals surface area (Å²) in [5.74, 6) is -0.761. The number of hydrogen-bond donors (Lipinski definition) is 0. The maximum Gasteiger partial charge on any atom is 0.347 e. The number of benzene rings is 2. The highest BCUT2D eigenvalue weighted by molar-refractivity contribution is 9.10. The Balaban J connectivity index is 1.64. The summed E-state index contributed by atoms with van der Waals surface area (Å²) in [6.45, 7) is -0.306.